The van der Waals surface area contributed by atoms with E-state index in [-0.39, 0.29) is 0 Å². The van der Waals surface area contributed by atoms with Gasteiger partial charge >= 0.3 is 0 Å². The summed E-state index contributed by atoms with van der Waals surface area (Å²) in [6.45, 7) is 3.41. The zero-order valence-electron chi connectivity index (χ0n) is 11.4. The van der Waals surface area contributed by atoms with Crippen LogP contribution >= 0.6 is 11.6 Å². The van der Waals surface area contributed by atoms with Crippen LogP contribution in [0.3, 0.4) is 0 Å². The van der Waals surface area contributed by atoms with Gasteiger partial charge in [0.1, 0.15) is 11.0 Å². The van der Waals surface area contributed by atoms with Gasteiger partial charge in [0.2, 0.25) is 5.65 Å². The van der Waals surface area contributed by atoms with Crippen LogP contribution in [0.25, 0.3) is 11.2 Å². The highest BCUT2D eigenvalue weighted by Crippen LogP contribution is 2.26. The van der Waals surface area contributed by atoms with Crippen molar-refractivity contribution >= 4 is 28.8 Å². The third-order valence-corrected chi connectivity index (χ3v) is 3.74. The molecule has 0 bridgehead atoms. The maximum absolute atomic E-state index is 5.87. The summed E-state index contributed by atoms with van der Waals surface area (Å²) in [6, 6.07) is 4.04. The van der Waals surface area contributed by atoms with E-state index in [0.29, 0.717) is 28.9 Å². The summed E-state index contributed by atoms with van der Waals surface area (Å²) >= 11 is 5.87. The number of anilines is 1. The van der Waals surface area contributed by atoms with E-state index >= 15 is 0 Å². The first kappa shape index (κ1) is 12.5. The lowest BCUT2D eigenvalue weighted by molar-refractivity contribution is 0.550. The first-order valence-electron chi connectivity index (χ1n) is 6.68. The number of fused-ring (bicyclic) bond motifs is 2. The second kappa shape index (κ2) is 4.66. The highest BCUT2D eigenvalue weighted by molar-refractivity contribution is 6.29. The molecular weight excluding hydrogens is 290 g/mol. The number of aromatic nitrogens is 4. The minimum Gasteiger partial charge on any atom is -0.422 e. The minimum absolute atomic E-state index is 0.412. The van der Waals surface area contributed by atoms with E-state index in [4.69, 9.17) is 16.0 Å². The summed E-state index contributed by atoms with van der Waals surface area (Å²) in [7, 11) is 0. The Bertz CT molecular complexity index is 831. The zero-order valence-corrected chi connectivity index (χ0v) is 12.1. The van der Waals surface area contributed by atoms with Gasteiger partial charge < -0.3 is 9.32 Å². The molecule has 3 aromatic rings. The molecule has 0 atom stereocenters. The maximum Gasteiger partial charge on any atom is 0.300 e. The van der Waals surface area contributed by atoms with E-state index < -0.39 is 0 Å². The Morgan fingerprint density at radius 2 is 2.14 bits per heavy atom. The zero-order chi connectivity index (χ0) is 14.4. The smallest absolute Gasteiger partial charge is 0.300 e. The Morgan fingerprint density at radius 3 is 3.05 bits per heavy atom. The predicted octanol–water partition coefficient (Wildman–Crippen LogP) is 2.54. The van der Waals surface area contributed by atoms with Crippen LogP contribution in [0.15, 0.2) is 22.7 Å². The van der Waals surface area contributed by atoms with E-state index in [1.807, 2.05) is 13.1 Å². The Morgan fingerprint density at radius 1 is 1.24 bits per heavy atom. The van der Waals surface area contributed by atoms with Crippen molar-refractivity contribution in [3.63, 3.8) is 0 Å². The molecule has 0 saturated heterocycles. The van der Waals surface area contributed by atoms with Crippen molar-refractivity contribution in [1.29, 1.82) is 0 Å². The fraction of sp³-hybridized carbons (Fsp3) is 0.286. The van der Waals surface area contributed by atoms with Crippen molar-refractivity contribution in [2.75, 3.05) is 11.4 Å². The molecule has 0 fully saturated rings. The third kappa shape index (κ3) is 2.21. The van der Waals surface area contributed by atoms with E-state index in [1.54, 1.807) is 12.1 Å². The van der Waals surface area contributed by atoms with Crippen LogP contribution in [0.2, 0.25) is 5.15 Å². The van der Waals surface area contributed by atoms with Gasteiger partial charge in [0, 0.05) is 24.7 Å². The van der Waals surface area contributed by atoms with Gasteiger partial charge in [0.25, 0.3) is 6.01 Å². The molecule has 0 radical (unpaired) electrons. The number of hydrogen-bond donors (Lipinski definition) is 0. The van der Waals surface area contributed by atoms with Crippen molar-refractivity contribution in [1.82, 2.24) is 19.9 Å². The van der Waals surface area contributed by atoms with E-state index in [2.05, 4.69) is 24.8 Å². The molecule has 106 valence electrons. The molecule has 0 spiro atoms. The molecule has 0 amide bonds. The highest BCUT2D eigenvalue weighted by Gasteiger charge is 2.22. The van der Waals surface area contributed by atoms with Gasteiger partial charge in [-0.3, -0.25) is 0 Å². The van der Waals surface area contributed by atoms with Crippen LogP contribution in [0.4, 0.5) is 6.01 Å². The molecule has 0 aliphatic carbocycles. The van der Waals surface area contributed by atoms with Crippen molar-refractivity contribution in [3.05, 3.63) is 40.6 Å². The molecule has 0 saturated carbocycles. The first-order valence-corrected chi connectivity index (χ1v) is 7.06. The summed E-state index contributed by atoms with van der Waals surface area (Å²) in [5.41, 5.74) is 3.39. The summed E-state index contributed by atoms with van der Waals surface area (Å²) in [5.74, 6) is 0.808. The Labute approximate surface area is 125 Å². The molecule has 0 aromatic carbocycles. The Balaban J connectivity index is 1.68. The summed E-state index contributed by atoms with van der Waals surface area (Å²) in [4.78, 5) is 19.4. The van der Waals surface area contributed by atoms with Gasteiger partial charge in [-0.2, -0.15) is 4.98 Å². The number of oxazole rings is 1. The third-order valence-electron chi connectivity index (χ3n) is 3.53. The van der Waals surface area contributed by atoms with Gasteiger partial charge in [-0.25, -0.2) is 15.0 Å². The SMILES string of the molecule is Cc1ncc2c(n1)CCN(c1nc3nc(Cl)ccc3o1)C2. The molecule has 0 N–H and O–H groups in total. The van der Waals surface area contributed by atoms with E-state index in [0.717, 1.165) is 30.0 Å². The van der Waals surface area contributed by atoms with Crippen molar-refractivity contribution in [2.45, 2.75) is 19.9 Å². The maximum atomic E-state index is 5.87. The largest absolute Gasteiger partial charge is 0.422 e. The molecule has 1 aliphatic heterocycles. The second-order valence-electron chi connectivity index (χ2n) is 5.01. The van der Waals surface area contributed by atoms with Crippen LogP contribution in [0, 0.1) is 6.92 Å². The molecule has 3 aromatic heterocycles. The summed E-state index contributed by atoms with van der Waals surface area (Å²) in [5, 5.41) is 0.412. The van der Waals surface area contributed by atoms with E-state index in [9.17, 15) is 0 Å². The number of halogens is 1. The standard InChI is InChI=1S/C14H12ClN5O/c1-8-16-6-9-7-20(5-4-10(9)17-8)14-19-13-11(21-14)2-3-12(15)18-13/h2-3,6H,4-5,7H2,1H3. The average molecular weight is 302 g/mol. The van der Waals surface area contributed by atoms with Gasteiger partial charge in [0.05, 0.1) is 12.2 Å². The Kier molecular flexibility index (Phi) is 2.78. The van der Waals surface area contributed by atoms with Crippen LogP contribution < -0.4 is 4.90 Å². The lowest BCUT2D eigenvalue weighted by Gasteiger charge is -2.26. The van der Waals surface area contributed by atoms with Crippen LogP contribution in [0.5, 0.6) is 0 Å². The lowest BCUT2D eigenvalue weighted by atomic mass is 10.1. The van der Waals surface area contributed by atoms with Crippen LogP contribution in [-0.2, 0) is 13.0 Å². The van der Waals surface area contributed by atoms with Crippen molar-refractivity contribution < 1.29 is 4.42 Å². The molecule has 6 nitrogen and oxygen atoms in total. The summed E-state index contributed by atoms with van der Waals surface area (Å²) < 4.78 is 5.75. The minimum atomic E-state index is 0.412. The second-order valence-corrected chi connectivity index (χ2v) is 5.40. The topological polar surface area (TPSA) is 67.9 Å². The number of rotatable bonds is 1. The van der Waals surface area contributed by atoms with Gasteiger partial charge in [-0.05, 0) is 19.1 Å². The van der Waals surface area contributed by atoms with Crippen LogP contribution in [0.1, 0.15) is 17.1 Å². The number of nitrogens with zero attached hydrogens (tertiary/aromatic N) is 5. The fourth-order valence-corrected chi connectivity index (χ4v) is 2.64. The molecular formula is C14H12ClN5O. The fourth-order valence-electron chi connectivity index (χ4n) is 2.50. The number of pyridine rings is 1. The predicted molar refractivity (Wildman–Crippen MR) is 78.3 cm³/mol. The number of hydrogen-bond acceptors (Lipinski definition) is 6. The lowest BCUT2D eigenvalue weighted by Crippen LogP contribution is -2.31. The molecule has 7 heteroatoms. The van der Waals surface area contributed by atoms with Crippen molar-refractivity contribution in [3.8, 4) is 0 Å². The molecule has 4 heterocycles. The van der Waals surface area contributed by atoms with E-state index in [1.165, 1.54) is 0 Å². The molecule has 1 aliphatic rings. The molecule has 21 heavy (non-hydrogen) atoms. The monoisotopic (exact) mass is 301 g/mol. The van der Waals surface area contributed by atoms with Gasteiger partial charge in [-0.1, -0.05) is 11.6 Å². The normalized spacial score (nSPS) is 14.5. The first-order chi connectivity index (χ1) is 10.2. The van der Waals surface area contributed by atoms with Gasteiger partial charge in [-0.15, -0.1) is 0 Å². The average Bonchev–Trinajstić information content (AvgIpc) is 2.89. The summed E-state index contributed by atoms with van der Waals surface area (Å²) in [6.07, 6.45) is 2.73. The number of aryl methyl sites for hydroxylation is 1. The highest BCUT2D eigenvalue weighted by atomic mass is 35.5. The van der Waals surface area contributed by atoms with Gasteiger partial charge in [0.15, 0.2) is 5.58 Å². The molecule has 0 unspecified atom stereocenters. The van der Waals surface area contributed by atoms with Crippen LogP contribution in [-0.4, -0.2) is 26.5 Å². The Hall–Kier alpha value is -2.21. The van der Waals surface area contributed by atoms with Crippen molar-refractivity contribution in [2.24, 2.45) is 0 Å². The molecule has 4 rings (SSSR count). The quantitative estimate of drug-likeness (QED) is 0.643.